The summed E-state index contributed by atoms with van der Waals surface area (Å²) in [7, 11) is 0. The third-order valence-corrected chi connectivity index (χ3v) is 2.57. The molecular formula is C13H17NO4. The quantitative estimate of drug-likeness (QED) is 0.698. The highest BCUT2D eigenvalue weighted by atomic mass is 16.4. The Hall–Kier alpha value is -1.88. The monoisotopic (exact) mass is 251 g/mol. The fourth-order valence-electron chi connectivity index (χ4n) is 1.65. The van der Waals surface area contributed by atoms with Gasteiger partial charge in [-0.1, -0.05) is 31.5 Å². The maximum atomic E-state index is 11.9. The van der Waals surface area contributed by atoms with Crippen molar-refractivity contribution in [1.82, 2.24) is 5.32 Å². The minimum Gasteiger partial charge on any atom is -0.480 e. The molecule has 1 aromatic rings. The van der Waals surface area contributed by atoms with E-state index in [0.29, 0.717) is 5.56 Å². The lowest BCUT2D eigenvalue weighted by atomic mass is 10.0. The first-order valence-electron chi connectivity index (χ1n) is 5.82. The summed E-state index contributed by atoms with van der Waals surface area (Å²) >= 11 is 0. The molecule has 0 spiro atoms. The van der Waals surface area contributed by atoms with Gasteiger partial charge < -0.3 is 15.5 Å². The van der Waals surface area contributed by atoms with Crippen LogP contribution >= 0.6 is 0 Å². The number of aryl methyl sites for hydroxylation is 1. The Balaban J connectivity index is 2.86. The third-order valence-electron chi connectivity index (χ3n) is 2.57. The number of rotatable bonds is 6. The predicted molar refractivity (Wildman–Crippen MR) is 66.4 cm³/mol. The Kier molecular flexibility index (Phi) is 5.32. The molecule has 0 saturated carbocycles. The molecule has 0 saturated heterocycles. The summed E-state index contributed by atoms with van der Waals surface area (Å²) in [6, 6.07) is 5.78. The lowest BCUT2D eigenvalue weighted by Gasteiger charge is -2.13. The van der Waals surface area contributed by atoms with Crippen molar-refractivity contribution in [3.05, 3.63) is 35.4 Å². The first kappa shape index (κ1) is 14.2. The third kappa shape index (κ3) is 3.56. The van der Waals surface area contributed by atoms with Gasteiger partial charge in [0.15, 0.2) is 6.04 Å². The molecule has 1 amide bonds. The molecule has 0 fully saturated rings. The molecule has 0 unspecified atom stereocenters. The highest BCUT2D eigenvalue weighted by Crippen LogP contribution is 2.11. The molecule has 1 aromatic carbocycles. The maximum absolute atomic E-state index is 11.9. The molecule has 1 atom stereocenters. The average Bonchev–Trinajstić information content (AvgIpc) is 2.36. The largest absolute Gasteiger partial charge is 0.480 e. The summed E-state index contributed by atoms with van der Waals surface area (Å²) in [5.74, 6) is -1.72. The van der Waals surface area contributed by atoms with Crippen molar-refractivity contribution < 1.29 is 19.8 Å². The molecule has 5 nitrogen and oxygen atoms in total. The molecular weight excluding hydrogens is 234 g/mol. The number of aliphatic hydroxyl groups is 1. The average molecular weight is 251 g/mol. The molecule has 0 aliphatic heterocycles. The van der Waals surface area contributed by atoms with Crippen molar-refractivity contribution in [2.24, 2.45) is 0 Å². The summed E-state index contributed by atoms with van der Waals surface area (Å²) in [6.45, 7) is 1.37. The number of carbonyl (C=O) groups excluding carboxylic acids is 1. The molecule has 5 heteroatoms. The van der Waals surface area contributed by atoms with E-state index in [-0.39, 0.29) is 0 Å². The maximum Gasteiger partial charge on any atom is 0.328 e. The van der Waals surface area contributed by atoms with Crippen LogP contribution in [0.1, 0.15) is 29.3 Å². The molecule has 1 rings (SSSR count). The lowest BCUT2D eigenvalue weighted by molar-refractivity contribution is -0.140. The number of amides is 1. The lowest BCUT2D eigenvalue weighted by Crippen LogP contribution is -2.43. The van der Waals surface area contributed by atoms with Gasteiger partial charge in [-0.15, -0.1) is 0 Å². The highest BCUT2D eigenvalue weighted by molar-refractivity contribution is 5.97. The van der Waals surface area contributed by atoms with Gasteiger partial charge in [0.25, 0.3) is 5.91 Å². The fraction of sp³-hybridized carbons (Fsp3) is 0.385. The van der Waals surface area contributed by atoms with Gasteiger partial charge in [0.05, 0.1) is 6.61 Å². The molecule has 0 radical (unpaired) electrons. The second-order valence-electron chi connectivity index (χ2n) is 3.95. The number of hydrogen-bond acceptors (Lipinski definition) is 3. The zero-order chi connectivity index (χ0) is 13.5. The molecule has 98 valence electrons. The van der Waals surface area contributed by atoms with E-state index in [9.17, 15) is 9.59 Å². The number of aliphatic hydroxyl groups excluding tert-OH is 1. The van der Waals surface area contributed by atoms with Crippen LogP contribution in [0.2, 0.25) is 0 Å². The number of carboxylic acid groups (broad SMARTS) is 1. The predicted octanol–water partition coefficient (Wildman–Crippen LogP) is 0.814. The van der Waals surface area contributed by atoms with Gasteiger partial charge >= 0.3 is 5.97 Å². The molecule has 0 bridgehead atoms. The van der Waals surface area contributed by atoms with Crippen LogP contribution in [0.4, 0.5) is 0 Å². The Bertz CT molecular complexity index is 431. The highest BCUT2D eigenvalue weighted by Gasteiger charge is 2.20. The number of aliphatic carboxylic acids is 1. The molecule has 0 aromatic heterocycles. The number of nitrogens with one attached hydrogen (secondary N) is 1. The Morgan fingerprint density at radius 3 is 2.56 bits per heavy atom. The minimum absolute atomic E-state index is 0.457. The molecule has 0 aliphatic rings. The summed E-state index contributed by atoms with van der Waals surface area (Å²) in [4.78, 5) is 22.7. The molecule has 0 heterocycles. The van der Waals surface area contributed by atoms with E-state index in [1.165, 1.54) is 0 Å². The molecule has 3 N–H and O–H groups in total. The van der Waals surface area contributed by atoms with Crippen LogP contribution in [0.5, 0.6) is 0 Å². The number of carboxylic acids is 1. The van der Waals surface area contributed by atoms with Crippen LogP contribution in [-0.4, -0.2) is 34.7 Å². The van der Waals surface area contributed by atoms with Crippen LogP contribution in [0, 0.1) is 0 Å². The number of benzene rings is 1. The summed E-state index contributed by atoms with van der Waals surface area (Å²) in [5, 5.41) is 19.9. The smallest absolute Gasteiger partial charge is 0.328 e. The molecule has 0 aliphatic carbocycles. The van der Waals surface area contributed by atoms with E-state index in [2.05, 4.69) is 5.32 Å². The molecule has 18 heavy (non-hydrogen) atoms. The number of hydrogen-bond donors (Lipinski definition) is 3. The first-order chi connectivity index (χ1) is 8.60. The van der Waals surface area contributed by atoms with E-state index in [1.807, 2.05) is 19.1 Å². The van der Waals surface area contributed by atoms with Gasteiger partial charge in [-0.25, -0.2) is 4.79 Å². The van der Waals surface area contributed by atoms with Gasteiger partial charge in [-0.2, -0.15) is 0 Å². The van der Waals surface area contributed by atoms with E-state index >= 15 is 0 Å². The van der Waals surface area contributed by atoms with Crippen molar-refractivity contribution in [2.75, 3.05) is 6.61 Å². The summed E-state index contributed by atoms with van der Waals surface area (Å²) < 4.78 is 0. The van der Waals surface area contributed by atoms with Crippen LogP contribution in [0.25, 0.3) is 0 Å². The van der Waals surface area contributed by atoms with E-state index in [1.54, 1.807) is 12.1 Å². The van der Waals surface area contributed by atoms with Crippen LogP contribution in [0.15, 0.2) is 24.3 Å². The zero-order valence-corrected chi connectivity index (χ0v) is 10.2. The Morgan fingerprint density at radius 2 is 2.00 bits per heavy atom. The van der Waals surface area contributed by atoms with Crippen molar-refractivity contribution >= 4 is 11.9 Å². The van der Waals surface area contributed by atoms with Crippen molar-refractivity contribution in [1.29, 1.82) is 0 Å². The van der Waals surface area contributed by atoms with E-state index < -0.39 is 24.5 Å². The van der Waals surface area contributed by atoms with Gasteiger partial charge in [0.1, 0.15) is 0 Å². The standard InChI is InChI=1S/C13H17NO4/c1-2-5-9-6-3-4-7-10(9)12(16)14-11(8-15)13(17)18/h3-4,6-7,11,15H,2,5,8H2,1H3,(H,14,16)(H,17,18)/t11-/m0/s1. The first-order valence-corrected chi connectivity index (χ1v) is 5.82. The minimum atomic E-state index is -1.27. The van der Waals surface area contributed by atoms with E-state index in [4.69, 9.17) is 10.2 Å². The zero-order valence-electron chi connectivity index (χ0n) is 10.2. The Labute approximate surface area is 105 Å². The second kappa shape index (κ2) is 6.76. The topological polar surface area (TPSA) is 86.6 Å². The van der Waals surface area contributed by atoms with Crippen molar-refractivity contribution in [3.63, 3.8) is 0 Å². The van der Waals surface area contributed by atoms with Gasteiger partial charge in [0, 0.05) is 5.56 Å². The van der Waals surface area contributed by atoms with Gasteiger partial charge in [0.2, 0.25) is 0 Å². The summed E-state index contributed by atoms with van der Waals surface area (Å²) in [5.41, 5.74) is 1.33. The van der Waals surface area contributed by atoms with Gasteiger partial charge in [-0.3, -0.25) is 4.79 Å². The fourth-order valence-corrected chi connectivity index (χ4v) is 1.65. The SMILES string of the molecule is CCCc1ccccc1C(=O)N[C@@H](CO)C(=O)O. The van der Waals surface area contributed by atoms with Crippen LogP contribution in [-0.2, 0) is 11.2 Å². The van der Waals surface area contributed by atoms with Crippen molar-refractivity contribution in [2.45, 2.75) is 25.8 Å². The normalized spacial score (nSPS) is 11.9. The van der Waals surface area contributed by atoms with Crippen LogP contribution < -0.4 is 5.32 Å². The van der Waals surface area contributed by atoms with Gasteiger partial charge in [-0.05, 0) is 18.1 Å². The summed E-state index contributed by atoms with van der Waals surface area (Å²) in [6.07, 6.45) is 1.65. The Morgan fingerprint density at radius 1 is 1.33 bits per heavy atom. The number of carbonyl (C=O) groups is 2. The van der Waals surface area contributed by atoms with Crippen molar-refractivity contribution in [3.8, 4) is 0 Å². The second-order valence-corrected chi connectivity index (χ2v) is 3.95. The van der Waals surface area contributed by atoms with Crippen LogP contribution in [0.3, 0.4) is 0 Å². The van der Waals surface area contributed by atoms with E-state index in [0.717, 1.165) is 18.4 Å².